The van der Waals surface area contributed by atoms with Crippen molar-refractivity contribution >= 4 is 5.91 Å². The predicted octanol–water partition coefficient (Wildman–Crippen LogP) is 3.45. The van der Waals surface area contributed by atoms with Crippen LogP contribution in [0.5, 0.6) is 0 Å². The van der Waals surface area contributed by atoms with Gasteiger partial charge in [-0.3, -0.25) is 4.79 Å². The summed E-state index contributed by atoms with van der Waals surface area (Å²) in [5.41, 5.74) is -0.939. The number of nitrogens with one attached hydrogen (secondary N) is 1. The van der Waals surface area contributed by atoms with Gasteiger partial charge in [0.25, 0.3) is 0 Å². The molecule has 0 radical (unpaired) electrons. The number of nitrogens with zero attached hydrogens (tertiary/aromatic N) is 1. The second-order valence-corrected chi connectivity index (χ2v) is 5.53. The van der Waals surface area contributed by atoms with Gasteiger partial charge in [-0.2, -0.15) is 5.26 Å². The SMILES string of the molecule is N#CC1(C(=O)NCc2cc(F)ccc2F)CCCCCC1. The zero-order valence-electron chi connectivity index (χ0n) is 11.8. The molecular formula is C16H18F2N2O. The van der Waals surface area contributed by atoms with Crippen molar-refractivity contribution in [1.82, 2.24) is 5.32 Å². The molecule has 0 spiro atoms. The van der Waals surface area contributed by atoms with E-state index in [1.54, 1.807) is 0 Å². The van der Waals surface area contributed by atoms with Crippen molar-refractivity contribution in [2.75, 3.05) is 0 Å². The molecule has 0 unspecified atom stereocenters. The molecule has 1 saturated carbocycles. The van der Waals surface area contributed by atoms with Gasteiger partial charge in [0, 0.05) is 12.1 Å². The molecule has 21 heavy (non-hydrogen) atoms. The number of rotatable bonds is 3. The lowest BCUT2D eigenvalue weighted by molar-refractivity contribution is -0.129. The van der Waals surface area contributed by atoms with E-state index in [-0.39, 0.29) is 18.0 Å². The van der Waals surface area contributed by atoms with E-state index in [2.05, 4.69) is 11.4 Å². The molecule has 1 fully saturated rings. The minimum atomic E-state index is -1.03. The maximum absolute atomic E-state index is 13.5. The zero-order chi connectivity index (χ0) is 15.3. The number of hydrogen-bond acceptors (Lipinski definition) is 2. The van der Waals surface area contributed by atoms with E-state index in [4.69, 9.17) is 0 Å². The summed E-state index contributed by atoms with van der Waals surface area (Å²) in [6.07, 6.45) is 4.79. The van der Waals surface area contributed by atoms with Crippen molar-refractivity contribution in [3.05, 3.63) is 35.4 Å². The number of hydrogen-bond donors (Lipinski definition) is 1. The van der Waals surface area contributed by atoms with Gasteiger partial charge in [-0.05, 0) is 31.0 Å². The normalized spacial score (nSPS) is 17.6. The van der Waals surface area contributed by atoms with Crippen molar-refractivity contribution in [2.24, 2.45) is 5.41 Å². The van der Waals surface area contributed by atoms with Crippen LogP contribution in [0.15, 0.2) is 18.2 Å². The summed E-state index contributed by atoms with van der Waals surface area (Å²) >= 11 is 0. The number of nitriles is 1. The zero-order valence-corrected chi connectivity index (χ0v) is 11.8. The fraction of sp³-hybridized carbons (Fsp3) is 0.500. The smallest absolute Gasteiger partial charge is 0.240 e. The molecular weight excluding hydrogens is 274 g/mol. The molecule has 112 valence electrons. The van der Waals surface area contributed by atoms with E-state index < -0.39 is 17.0 Å². The number of benzene rings is 1. The van der Waals surface area contributed by atoms with E-state index in [1.165, 1.54) is 0 Å². The first-order chi connectivity index (χ1) is 10.1. The maximum Gasteiger partial charge on any atom is 0.240 e. The summed E-state index contributed by atoms with van der Waals surface area (Å²) in [6, 6.07) is 5.26. The van der Waals surface area contributed by atoms with Crippen LogP contribution in [0.1, 0.15) is 44.1 Å². The third kappa shape index (κ3) is 3.57. The van der Waals surface area contributed by atoms with Gasteiger partial charge >= 0.3 is 0 Å². The fourth-order valence-electron chi connectivity index (χ4n) is 2.75. The Morgan fingerprint density at radius 1 is 1.24 bits per heavy atom. The Hall–Kier alpha value is -1.96. The molecule has 0 heterocycles. The molecule has 0 bridgehead atoms. The summed E-state index contributed by atoms with van der Waals surface area (Å²) in [7, 11) is 0. The Morgan fingerprint density at radius 2 is 1.90 bits per heavy atom. The van der Waals surface area contributed by atoms with Crippen LogP contribution in [0.2, 0.25) is 0 Å². The van der Waals surface area contributed by atoms with Gasteiger partial charge < -0.3 is 5.32 Å². The van der Waals surface area contributed by atoms with Crippen LogP contribution in [0.4, 0.5) is 8.78 Å². The molecule has 0 aliphatic heterocycles. The first-order valence-electron chi connectivity index (χ1n) is 7.21. The van der Waals surface area contributed by atoms with Crippen molar-refractivity contribution < 1.29 is 13.6 Å². The van der Waals surface area contributed by atoms with Crippen LogP contribution in [0.25, 0.3) is 0 Å². The molecule has 0 aromatic heterocycles. The van der Waals surface area contributed by atoms with Crippen LogP contribution in [0.3, 0.4) is 0 Å². The summed E-state index contributed by atoms with van der Waals surface area (Å²) in [5, 5.41) is 12.0. The standard InChI is InChI=1S/C16H18F2N2O/c17-13-5-6-14(18)12(9-13)10-20-15(21)16(11-19)7-3-1-2-4-8-16/h5-6,9H,1-4,7-8,10H2,(H,20,21). The fourth-order valence-corrected chi connectivity index (χ4v) is 2.75. The summed E-state index contributed by atoms with van der Waals surface area (Å²) < 4.78 is 26.6. The molecule has 3 nitrogen and oxygen atoms in total. The van der Waals surface area contributed by atoms with Crippen LogP contribution in [-0.4, -0.2) is 5.91 Å². The van der Waals surface area contributed by atoms with Crippen LogP contribution in [0, 0.1) is 28.4 Å². The summed E-state index contributed by atoms with van der Waals surface area (Å²) in [6.45, 7) is -0.105. The number of carbonyl (C=O) groups excluding carboxylic acids is 1. The molecule has 0 atom stereocenters. The predicted molar refractivity (Wildman–Crippen MR) is 74.0 cm³/mol. The number of halogens is 2. The van der Waals surface area contributed by atoms with E-state index in [0.717, 1.165) is 43.9 Å². The molecule has 1 aliphatic carbocycles. The lowest BCUT2D eigenvalue weighted by Crippen LogP contribution is -2.39. The third-order valence-electron chi connectivity index (χ3n) is 4.05. The summed E-state index contributed by atoms with van der Waals surface area (Å²) in [5.74, 6) is -1.50. The Bertz CT molecular complexity index is 558. The average Bonchev–Trinajstić information content (AvgIpc) is 2.74. The van der Waals surface area contributed by atoms with Gasteiger partial charge in [0.05, 0.1) is 6.07 Å². The highest BCUT2D eigenvalue weighted by atomic mass is 19.1. The maximum atomic E-state index is 13.5. The highest BCUT2D eigenvalue weighted by molar-refractivity contribution is 5.85. The van der Waals surface area contributed by atoms with Crippen molar-refractivity contribution in [2.45, 2.75) is 45.1 Å². The van der Waals surface area contributed by atoms with E-state index >= 15 is 0 Å². The number of carbonyl (C=O) groups is 1. The monoisotopic (exact) mass is 292 g/mol. The molecule has 0 saturated heterocycles. The quantitative estimate of drug-likeness (QED) is 0.868. The van der Waals surface area contributed by atoms with Crippen molar-refractivity contribution in [3.8, 4) is 6.07 Å². The molecule has 1 aromatic carbocycles. The minimum Gasteiger partial charge on any atom is -0.351 e. The Kier molecular flexibility index (Phi) is 4.89. The molecule has 2 rings (SSSR count). The van der Waals surface area contributed by atoms with E-state index in [0.29, 0.717) is 12.8 Å². The van der Waals surface area contributed by atoms with Gasteiger partial charge in [-0.25, -0.2) is 8.78 Å². The van der Waals surface area contributed by atoms with E-state index in [1.807, 2.05) is 0 Å². The largest absolute Gasteiger partial charge is 0.351 e. The Labute approximate surface area is 123 Å². The Morgan fingerprint density at radius 3 is 2.52 bits per heavy atom. The summed E-state index contributed by atoms with van der Waals surface area (Å²) in [4.78, 5) is 12.3. The van der Waals surface area contributed by atoms with Crippen LogP contribution in [-0.2, 0) is 11.3 Å². The molecule has 5 heteroatoms. The van der Waals surface area contributed by atoms with Crippen molar-refractivity contribution in [3.63, 3.8) is 0 Å². The first-order valence-corrected chi connectivity index (χ1v) is 7.21. The molecule has 1 aliphatic rings. The Balaban J connectivity index is 2.06. The topological polar surface area (TPSA) is 52.9 Å². The van der Waals surface area contributed by atoms with E-state index in [9.17, 15) is 18.8 Å². The average molecular weight is 292 g/mol. The van der Waals surface area contributed by atoms with Crippen LogP contribution < -0.4 is 5.32 Å². The number of amides is 1. The first kappa shape index (κ1) is 15.4. The third-order valence-corrected chi connectivity index (χ3v) is 4.05. The molecule has 1 amide bonds. The lowest BCUT2D eigenvalue weighted by Gasteiger charge is -2.23. The molecule has 1 N–H and O–H groups in total. The lowest BCUT2D eigenvalue weighted by atomic mass is 9.81. The van der Waals surface area contributed by atoms with Crippen LogP contribution >= 0.6 is 0 Å². The second-order valence-electron chi connectivity index (χ2n) is 5.53. The minimum absolute atomic E-state index is 0.0880. The molecule has 1 aromatic rings. The van der Waals surface area contributed by atoms with Gasteiger partial charge in [-0.15, -0.1) is 0 Å². The highest BCUT2D eigenvalue weighted by Crippen LogP contribution is 2.34. The van der Waals surface area contributed by atoms with Gasteiger partial charge in [-0.1, -0.05) is 25.7 Å². The highest BCUT2D eigenvalue weighted by Gasteiger charge is 2.38. The van der Waals surface area contributed by atoms with Crippen molar-refractivity contribution in [1.29, 1.82) is 5.26 Å². The van der Waals surface area contributed by atoms with Gasteiger partial charge in [0.15, 0.2) is 0 Å². The second kappa shape index (κ2) is 6.66. The van der Waals surface area contributed by atoms with Gasteiger partial charge in [0.1, 0.15) is 17.0 Å². The van der Waals surface area contributed by atoms with Gasteiger partial charge in [0.2, 0.25) is 5.91 Å².